The predicted molar refractivity (Wildman–Crippen MR) is 64.2 cm³/mol. The molecule has 0 aliphatic heterocycles. The van der Waals surface area contributed by atoms with Crippen LogP contribution >= 0.6 is 0 Å². The normalized spacial score (nSPS) is 10.6. The molecular formula is C13H16N2O. The SMILES string of the molecule is Cc1[nH]ncc1-c1cccc(CCCO)c1. The van der Waals surface area contributed by atoms with Crippen LogP contribution < -0.4 is 0 Å². The Bertz CT molecular complexity index is 462. The van der Waals surface area contributed by atoms with Crippen molar-refractivity contribution in [3.8, 4) is 11.1 Å². The van der Waals surface area contributed by atoms with Crippen LogP contribution in [0.5, 0.6) is 0 Å². The summed E-state index contributed by atoms with van der Waals surface area (Å²) < 4.78 is 0. The molecule has 0 saturated carbocycles. The highest BCUT2D eigenvalue weighted by molar-refractivity contribution is 5.65. The molecule has 0 bridgehead atoms. The van der Waals surface area contributed by atoms with Crippen LogP contribution in [0.1, 0.15) is 17.7 Å². The number of nitrogens with zero attached hydrogens (tertiary/aromatic N) is 1. The van der Waals surface area contributed by atoms with Gasteiger partial charge in [0.2, 0.25) is 0 Å². The Morgan fingerprint density at radius 2 is 2.25 bits per heavy atom. The summed E-state index contributed by atoms with van der Waals surface area (Å²) in [6.45, 7) is 2.26. The first-order chi connectivity index (χ1) is 7.81. The highest BCUT2D eigenvalue weighted by Gasteiger charge is 2.04. The van der Waals surface area contributed by atoms with E-state index >= 15 is 0 Å². The summed E-state index contributed by atoms with van der Waals surface area (Å²) in [6.07, 6.45) is 3.58. The second-order valence-corrected chi connectivity index (χ2v) is 3.94. The quantitative estimate of drug-likeness (QED) is 0.824. The summed E-state index contributed by atoms with van der Waals surface area (Å²) in [5.41, 5.74) is 4.67. The molecule has 2 aromatic rings. The average molecular weight is 216 g/mol. The van der Waals surface area contributed by atoms with Crippen LogP contribution in [0.25, 0.3) is 11.1 Å². The van der Waals surface area contributed by atoms with E-state index in [4.69, 9.17) is 5.11 Å². The molecule has 0 aliphatic rings. The maximum atomic E-state index is 8.81. The Balaban J connectivity index is 2.26. The zero-order chi connectivity index (χ0) is 11.4. The first kappa shape index (κ1) is 10.9. The number of hydrogen-bond donors (Lipinski definition) is 2. The minimum Gasteiger partial charge on any atom is -0.396 e. The van der Waals surface area contributed by atoms with E-state index in [1.165, 1.54) is 11.1 Å². The van der Waals surface area contributed by atoms with E-state index in [0.29, 0.717) is 0 Å². The molecule has 84 valence electrons. The van der Waals surface area contributed by atoms with Crippen LogP contribution in [-0.2, 0) is 6.42 Å². The highest BCUT2D eigenvalue weighted by atomic mass is 16.2. The number of aromatic nitrogens is 2. The number of H-pyrrole nitrogens is 1. The summed E-state index contributed by atoms with van der Waals surface area (Å²) in [7, 11) is 0. The molecule has 0 amide bonds. The molecule has 0 saturated heterocycles. The van der Waals surface area contributed by atoms with Gasteiger partial charge in [-0.1, -0.05) is 24.3 Å². The molecule has 1 aromatic carbocycles. The van der Waals surface area contributed by atoms with Gasteiger partial charge in [-0.2, -0.15) is 5.10 Å². The van der Waals surface area contributed by atoms with Gasteiger partial charge >= 0.3 is 0 Å². The Kier molecular flexibility index (Phi) is 3.37. The van der Waals surface area contributed by atoms with Gasteiger partial charge in [0.05, 0.1) is 6.20 Å². The maximum absolute atomic E-state index is 8.81. The Morgan fingerprint density at radius 1 is 1.38 bits per heavy atom. The first-order valence-electron chi connectivity index (χ1n) is 5.51. The van der Waals surface area contributed by atoms with Gasteiger partial charge < -0.3 is 5.11 Å². The topological polar surface area (TPSA) is 48.9 Å². The van der Waals surface area contributed by atoms with Crippen LogP contribution in [0, 0.1) is 6.92 Å². The molecule has 0 atom stereocenters. The molecule has 0 fully saturated rings. The fraction of sp³-hybridized carbons (Fsp3) is 0.308. The lowest BCUT2D eigenvalue weighted by Crippen LogP contribution is -1.90. The van der Waals surface area contributed by atoms with E-state index in [2.05, 4.69) is 34.5 Å². The molecule has 1 aromatic heterocycles. The van der Waals surface area contributed by atoms with Crippen LogP contribution in [0.4, 0.5) is 0 Å². The number of nitrogens with one attached hydrogen (secondary N) is 1. The van der Waals surface area contributed by atoms with Crippen LogP contribution in [0.3, 0.4) is 0 Å². The fourth-order valence-corrected chi connectivity index (χ4v) is 1.82. The smallest absolute Gasteiger partial charge is 0.0568 e. The number of aryl methyl sites for hydroxylation is 2. The third kappa shape index (κ3) is 2.31. The van der Waals surface area contributed by atoms with Crippen LogP contribution in [0.2, 0.25) is 0 Å². The zero-order valence-electron chi connectivity index (χ0n) is 9.40. The van der Waals surface area contributed by atoms with Gasteiger partial charge in [-0.05, 0) is 30.9 Å². The Labute approximate surface area is 95.1 Å². The number of rotatable bonds is 4. The molecule has 0 aliphatic carbocycles. The molecule has 2 rings (SSSR count). The summed E-state index contributed by atoms with van der Waals surface area (Å²) in [5.74, 6) is 0. The van der Waals surface area contributed by atoms with Gasteiger partial charge in [-0.15, -0.1) is 0 Å². The highest BCUT2D eigenvalue weighted by Crippen LogP contribution is 2.22. The lowest BCUT2D eigenvalue weighted by atomic mass is 10.0. The first-order valence-corrected chi connectivity index (χ1v) is 5.51. The van der Waals surface area contributed by atoms with Crippen molar-refractivity contribution in [2.45, 2.75) is 19.8 Å². The molecule has 0 spiro atoms. The van der Waals surface area contributed by atoms with E-state index < -0.39 is 0 Å². The maximum Gasteiger partial charge on any atom is 0.0568 e. The van der Waals surface area contributed by atoms with Gasteiger partial charge in [0.25, 0.3) is 0 Å². The van der Waals surface area contributed by atoms with Gasteiger partial charge in [0.15, 0.2) is 0 Å². The number of aliphatic hydroxyl groups excluding tert-OH is 1. The largest absolute Gasteiger partial charge is 0.396 e. The molecule has 3 heteroatoms. The van der Waals surface area contributed by atoms with E-state index in [-0.39, 0.29) is 6.61 Å². The van der Waals surface area contributed by atoms with Crippen molar-refractivity contribution >= 4 is 0 Å². The molecule has 2 N–H and O–H groups in total. The van der Waals surface area contributed by atoms with Crippen molar-refractivity contribution < 1.29 is 5.11 Å². The third-order valence-electron chi connectivity index (χ3n) is 2.69. The third-order valence-corrected chi connectivity index (χ3v) is 2.69. The van der Waals surface area contributed by atoms with Crippen LogP contribution in [0.15, 0.2) is 30.5 Å². The molecule has 3 nitrogen and oxygen atoms in total. The predicted octanol–water partition coefficient (Wildman–Crippen LogP) is 2.31. The van der Waals surface area contributed by atoms with Crippen molar-refractivity contribution in [1.29, 1.82) is 0 Å². The van der Waals surface area contributed by atoms with Gasteiger partial charge in [-0.25, -0.2) is 0 Å². The number of aliphatic hydroxyl groups is 1. The second-order valence-electron chi connectivity index (χ2n) is 3.94. The summed E-state index contributed by atoms with van der Waals surface area (Å²) in [5, 5.41) is 15.8. The zero-order valence-corrected chi connectivity index (χ0v) is 9.40. The van der Waals surface area contributed by atoms with Crippen molar-refractivity contribution in [3.63, 3.8) is 0 Å². The Morgan fingerprint density at radius 3 is 2.94 bits per heavy atom. The van der Waals surface area contributed by atoms with E-state index in [1.807, 2.05) is 13.1 Å². The van der Waals surface area contributed by atoms with Gasteiger partial charge in [0, 0.05) is 17.9 Å². The van der Waals surface area contributed by atoms with Crippen molar-refractivity contribution in [1.82, 2.24) is 10.2 Å². The van der Waals surface area contributed by atoms with Gasteiger partial charge in [-0.3, -0.25) is 5.10 Å². The molecule has 1 heterocycles. The summed E-state index contributed by atoms with van der Waals surface area (Å²) in [4.78, 5) is 0. The molecular weight excluding hydrogens is 200 g/mol. The van der Waals surface area contributed by atoms with Crippen molar-refractivity contribution in [3.05, 3.63) is 41.7 Å². The number of hydrogen-bond acceptors (Lipinski definition) is 2. The second kappa shape index (κ2) is 4.94. The molecule has 16 heavy (non-hydrogen) atoms. The summed E-state index contributed by atoms with van der Waals surface area (Å²) in [6, 6.07) is 8.39. The van der Waals surface area contributed by atoms with Crippen LogP contribution in [-0.4, -0.2) is 21.9 Å². The lowest BCUT2D eigenvalue weighted by Gasteiger charge is -2.03. The number of benzene rings is 1. The standard InChI is InChI=1S/C13H16N2O/c1-10-13(9-14-15-10)12-6-2-4-11(8-12)5-3-7-16/h2,4,6,8-9,16H,3,5,7H2,1H3,(H,14,15). The minimum absolute atomic E-state index is 0.245. The lowest BCUT2D eigenvalue weighted by molar-refractivity contribution is 0.288. The van der Waals surface area contributed by atoms with Gasteiger partial charge in [0.1, 0.15) is 0 Å². The fourth-order valence-electron chi connectivity index (χ4n) is 1.82. The molecule has 0 unspecified atom stereocenters. The van der Waals surface area contributed by atoms with E-state index in [9.17, 15) is 0 Å². The minimum atomic E-state index is 0.245. The average Bonchev–Trinajstić information content (AvgIpc) is 2.73. The van der Waals surface area contributed by atoms with Crippen molar-refractivity contribution in [2.75, 3.05) is 6.61 Å². The monoisotopic (exact) mass is 216 g/mol. The Hall–Kier alpha value is -1.61. The van der Waals surface area contributed by atoms with Crippen molar-refractivity contribution in [2.24, 2.45) is 0 Å². The number of aromatic amines is 1. The van der Waals surface area contributed by atoms with E-state index in [0.717, 1.165) is 24.1 Å². The van der Waals surface area contributed by atoms with E-state index in [1.54, 1.807) is 0 Å². The summed E-state index contributed by atoms with van der Waals surface area (Å²) >= 11 is 0. The molecule has 0 radical (unpaired) electrons.